The highest BCUT2D eigenvalue weighted by molar-refractivity contribution is 8.00. The number of sulfone groups is 1. The molecule has 0 N–H and O–H groups in total. The van der Waals surface area contributed by atoms with Gasteiger partial charge in [0.2, 0.25) is 11.2 Å². The summed E-state index contributed by atoms with van der Waals surface area (Å²) in [4.78, 5) is 16.0. The lowest BCUT2D eigenvalue weighted by Gasteiger charge is -2.03. The monoisotopic (exact) mass is 319 g/mol. The summed E-state index contributed by atoms with van der Waals surface area (Å²) in [7, 11) is -3.00. The van der Waals surface area contributed by atoms with Crippen molar-refractivity contribution in [1.29, 1.82) is 0 Å². The zero-order chi connectivity index (χ0) is 13.9. The molecule has 7 nitrogen and oxygen atoms in total. The van der Waals surface area contributed by atoms with Crippen molar-refractivity contribution < 1.29 is 8.42 Å². The van der Waals surface area contributed by atoms with Gasteiger partial charge in [0, 0.05) is 24.4 Å². The largest absolute Gasteiger partial charge is 0.274 e. The molecule has 0 unspecified atom stereocenters. The molecule has 2 heterocycles. The van der Waals surface area contributed by atoms with Crippen LogP contribution in [0, 0.1) is 0 Å². The van der Waals surface area contributed by atoms with Crippen LogP contribution in [0.5, 0.6) is 0 Å². The minimum Gasteiger partial charge on any atom is -0.274 e. The zero-order valence-electron chi connectivity index (χ0n) is 9.89. The summed E-state index contributed by atoms with van der Waals surface area (Å²) in [5, 5.41) is 0.438. The maximum atomic E-state index is 11.0. The molecule has 0 fully saturated rings. The van der Waals surface area contributed by atoms with E-state index in [4.69, 9.17) is 11.6 Å². The molecule has 0 saturated heterocycles. The van der Waals surface area contributed by atoms with E-state index in [0.717, 1.165) is 0 Å². The number of thioether (sulfide) groups is 1. The summed E-state index contributed by atoms with van der Waals surface area (Å²) in [6.45, 7) is 0. The number of halogens is 1. The van der Waals surface area contributed by atoms with Crippen molar-refractivity contribution in [1.82, 2.24) is 24.5 Å². The van der Waals surface area contributed by atoms with Gasteiger partial charge in [-0.3, -0.25) is 4.57 Å². The average Bonchev–Trinajstić information content (AvgIpc) is 2.79. The van der Waals surface area contributed by atoms with Crippen molar-refractivity contribution in [3.8, 4) is 5.95 Å². The highest BCUT2D eigenvalue weighted by Gasteiger charge is 2.09. The van der Waals surface area contributed by atoms with Crippen molar-refractivity contribution in [2.24, 2.45) is 0 Å². The van der Waals surface area contributed by atoms with Gasteiger partial charge < -0.3 is 0 Å². The molecule has 0 spiro atoms. The van der Waals surface area contributed by atoms with Crippen LogP contribution in [0.25, 0.3) is 5.95 Å². The maximum Gasteiger partial charge on any atom is 0.240 e. The van der Waals surface area contributed by atoms with Gasteiger partial charge in [-0.25, -0.2) is 13.4 Å². The first-order valence-electron chi connectivity index (χ1n) is 5.14. The van der Waals surface area contributed by atoms with Gasteiger partial charge in [0.05, 0.1) is 5.75 Å². The third-order valence-corrected chi connectivity index (χ3v) is 4.22. The molecule has 2 aromatic rings. The fourth-order valence-electron chi connectivity index (χ4n) is 1.16. The second kappa shape index (κ2) is 5.85. The molecule has 10 heteroatoms. The molecule has 0 atom stereocenters. The molecule has 0 amide bonds. The number of rotatable bonds is 5. The SMILES string of the molecule is CS(=O)(=O)CCSc1nc(Cl)nc(-n2ccnc2)n1. The van der Waals surface area contributed by atoms with Crippen LogP contribution >= 0.6 is 23.4 Å². The lowest BCUT2D eigenvalue weighted by Crippen LogP contribution is -2.07. The van der Waals surface area contributed by atoms with Crippen molar-refractivity contribution in [3.05, 3.63) is 24.0 Å². The predicted molar refractivity (Wildman–Crippen MR) is 72.4 cm³/mol. The van der Waals surface area contributed by atoms with Gasteiger partial charge in [0.15, 0.2) is 5.16 Å². The van der Waals surface area contributed by atoms with E-state index < -0.39 is 9.84 Å². The summed E-state index contributed by atoms with van der Waals surface area (Å²) in [6.07, 6.45) is 5.99. The molecule has 2 rings (SSSR count). The predicted octanol–water partition coefficient (Wildman–Crippen LogP) is 0.847. The Bertz CT molecular complexity index is 659. The summed E-state index contributed by atoms with van der Waals surface area (Å²) >= 11 is 7.02. The van der Waals surface area contributed by atoms with Crippen molar-refractivity contribution in [3.63, 3.8) is 0 Å². The topological polar surface area (TPSA) is 90.6 Å². The van der Waals surface area contributed by atoms with Crippen LogP contribution in [0.1, 0.15) is 0 Å². The molecule has 19 heavy (non-hydrogen) atoms. The van der Waals surface area contributed by atoms with E-state index in [2.05, 4.69) is 19.9 Å². The van der Waals surface area contributed by atoms with Gasteiger partial charge in [-0.05, 0) is 11.6 Å². The average molecular weight is 320 g/mol. The number of hydrogen-bond donors (Lipinski definition) is 0. The summed E-state index contributed by atoms with van der Waals surface area (Å²) < 4.78 is 23.7. The number of aromatic nitrogens is 5. The van der Waals surface area contributed by atoms with Crippen LogP contribution in [-0.4, -0.2) is 50.7 Å². The first kappa shape index (κ1) is 14.2. The van der Waals surface area contributed by atoms with Gasteiger partial charge in [-0.2, -0.15) is 15.0 Å². The van der Waals surface area contributed by atoms with Gasteiger partial charge in [-0.1, -0.05) is 11.8 Å². The molecule has 0 aliphatic carbocycles. The van der Waals surface area contributed by atoms with Crippen LogP contribution in [-0.2, 0) is 9.84 Å². The molecular weight excluding hydrogens is 310 g/mol. The highest BCUT2D eigenvalue weighted by Crippen LogP contribution is 2.16. The number of nitrogens with zero attached hydrogens (tertiary/aromatic N) is 5. The molecule has 0 aromatic carbocycles. The Morgan fingerprint density at radius 1 is 1.37 bits per heavy atom. The van der Waals surface area contributed by atoms with E-state index >= 15 is 0 Å². The van der Waals surface area contributed by atoms with E-state index in [-0.39, 0.29) is 11.0 Å². The molecule has 2 aromatic heterocycles. The number of hydrogen-bond acceptors (Lipinski definition) is 7. The Kier molecular flexibility index (Phi) is 4.38. The molecule has 102 valence electrons. The van der Waals surface area contributed by atoms with Crippen molar-refractivity contribution >= 4 is 33.2 Å². The second-order valence-electron chi connectivity index (χ2n) is 3.64. The van der Waals surface area contributed by atoms with Crippen LogP contribution in [0.4, 0.5) is 0 Å². The fraction of sp³-hybridized carbons (Fsp3) is 0.333. The first-order valence-corrected chi connectivity index (χ1v) is 8.57. The lowest BCUT2D eigenvalue weighted by atomic mass is 10.8. The van der Waals surface area contributed by atoms with E-state index in [0.29, 0.717) is 16.9 Å². The summed E-state index contributed by atoms with van der Waals surface area (Å²) in [5.74, 6) is 0.767. The third kappa shape index (κ3) is 4.44. The molecule has 0 aliphatic heterocycles. The summed E-state index contributed by atoms with van der Waals surface area (Å²) in [5.41, 5.74) is 0. The maximum absolute atomic E-state index is 11.0. The first-order chi connectivity index (χ1) is 8.94. The van der Waals surface area contributed by atoms with Crippen LogP contribution < -0.4 is 0 Å². The quantitative estimate of drug-likeness (QED) is 0.754. The van der Waals surface area contributed by atoms with Gasteiger partial charge in [0.25, 0.3) is 0 Å². The smallest absolute Gasteiger partial charge is 0.240 e. The molecule has 0 radical (unpaired) electrons. The van der Waals surface area contributed by atoms with Crippen molar-refractivity contribution in [2.75, 3.05) is 17.8 Å². The minimum atomic E-state index is -3.00. The van der Waals surface area contributed by atoms with E-state index in [1.807, 2.05) is 0 Å². The van der Waals surface area contributed by atoms with Crippen molar-refractivity contribution in [2.45, 2.75) is 5.16 Å². The molecular formula is C9H10ClN5O2S2. The lowest BCUT2D eigenvalue weighted by molar-refractivity contribution is 0.603. The van der Waals surface area contributed by atoms with E-state index in [1.54, 1.807) is 17.0 Å². The fourth-order valence-corrected chi connectivity index (χ4v) is 3.39. The summed E-state index contributed by atoms with van der Waals surface area (Å²) in [6, 6.07) is 0. The Morgan fingerprint density at radius 3 is 2.79 bits per heavy atom. The van der Waals surface area contributed by atoms with Crippen LogP contribution in [0.2, 0.25) is 5.28 Å². The molecule has 0 saturated carbocycles. The van der Waals surface area contributed by atoms with Gasteiger partial charge in [-0.15, -0.1) is 0 Å². The molecule has 0 aliphatic rings. The standard InChI is InChI=1S/C9H10ClN5O2S2/c1-19(16,17)5-4-18-9-13-7(10)12-8(14-9)15-3-2-11-6-15/h2-3,6H,4-5H2,1H3. The third-order valence-electron chi connectivity index (χ3n) is 2.00. The normalized spacial score (nSPS) is 11.7. The number of imidazole rings is 1. The Morgan fingerprint density at radius 2 is 2.16 bits per heavy atom. The minimum absolute atomic E-state index is 0.0561. The highest BCUT2D eigenvalue weighted by atomic mass is 35.5. The Balaban J connectivity index is 2.14. The Labute approximate surface area is 119 Å². The van der Waals surface area contributed by atoms with Gasteiger partial charge >= 0.3 is 0 Å². The Hall–Kier alpha value is -1.19. The van der Waals surface area contributed by atoms with E-state index in [9.17, 15) is 8.42 Å². The zero-order valence-corrected chi connectivity index (χ0v) is 12.3. The molecule has 0 bridgehead atoms. The second-order valence-corrected chi connectivity index (χ2v) is 7.30. The van der Waals surface area contributed by atoms with Crippen LogP contribution in [0.15, 0.2) is 23.9 Å². The van der Waals surface area contributed by atoms with Crippen LogP contribution in [0.3, 0.4) is 0 Å². The van der Waals surface area contributed by atoms with Gasteiger partial charge in [0.1, 0.15) is 16.2 Å². The van der Waals surface area contributed by atoms with E-state index in [1.165, 1.54) is 24.3 Å².